The Labute approximate surface area is 278 Å². The number of rotatable bonds is 5. The monoisotopic (exact) mass is 769 g/mol. The van der Waals surface area contributed by atoms with Crippen LogP contribution in [0.5, 0.6) is 11.5 Å². The van der Waals surface area contributed by atoms with Crippen molar-refractivity contribution in [3.05, 3.63) is 132 Å². The van der Waals surface area contributed by atoms with Crippen molar-refractivity contribution < 1.29 is 25.8 Å². The molecule has 3 heterocycles. The molecule has 0 aliphatic rings. The van der Waals surface area contributed by atoms with E-state index in [1.165, 1.54) is 22.3 Å². The number of benzene rings is 4. The average molecular weight is 770 g/mol. The summed E-state index contributed by atoms with van der Waals surface area (Å²) in [6, 6.07) is 33.7. The molecule has 7 aromatic rings. The Morgan fingerprint density at radius 2 is 1.56 bits per heavy atom. The zero-order valence-electron chi connectivity index (χ0n) is 26.3. The van der Waals surface area contributed by atoms with Crippen molar-refractivity contribution >= 4 is 21.8 Å². The second-order valence-corrected chi connectivity index (χ2v) is 12.5. The molecule has 3 aromatic heterocycles. The van der Waals surface area contributed by atoms with Gasteiger partial charge in [0.25, 0.3) is 0 Å². The van der Waals surface area contributed by atoms with E-state index in [2.05, 4.69) is 118 Å². The summed E-state index contributed by atoms with van der Waals surface area (Å²) in [4.78, 5) is 4.68. The molecule has 0 aliphatic carbocycles. The van der Waals surface area contributed by atoms with Crippen LogP contribution < -0.4 is 4.74 Å². The second-order valence-electron chi connectivity index (χ2n) is 12.5. The van der Waals surface area contributed by atoms with Gasteiger partial charge in [0.2, 0.25) is 0 Å². The molecule has 0 spiro atoms. The minimum atomic E-state index is 0. The molecule has 0 fully saturated rings. The van der Waals surface area contributed by atoms with Crippen molar-refractivity contribution in [3.63, 3.8) is 0 Å². The minimum Gasteiger partial charge on any atom is -0.509 e. The summed E-state index contributed by atoms with van der Waals surface area (Å²) in [6.07, 6.45) is 5.87. The molecular weight excluding hydrogens is 736 g/mol. The Kier molecular flexibility index (Phi) is 8.01. The van der Waals surface area contributed by atoms with E-state index >= 15 is 0 Å². The second kappa shape index (κ2) is 11.8. The molecule has 0 unspecified atom stereocenters. The zero-order valence-corrected chi connectivity index (χ0v) is 28.5. The fraction of sp³-hybridized carbons (Fsp3) is 0.179. The van der Waals surface area contributed by atoms with Gasteiger partial charge in [0.05, 0.1) is 6.20 Å². The number of aryl methyl sites for hydroxylation is 3. The molecule has 0 radical (unpaired) electrons. The van der Waals surface area contributed by atoms with Crippen molar-refractivity contribution in [1.29, 1.82) is 0 Å². The van der Waals surface area contributed by atoms with Crippen molar-refractivity contribution in [1.82, 2.24) is 19.3 Å². The van der Waals surface area contributed by atoms with Gasteiger partial charge in [-0.15, -0.1) is 35.7 Å². The molecule has 5 nitrogen and oxygen atoms in total. The van der Waals surface area contributed by atoms with Gasteiger partial charge in [-0.25, -0.2) is 4.98 Å². The van der Waals surface area contributed by atoms with Gasteiger partial charge >= 0.3 is 21.1 Å². The third-order valence-corrected chi connectivity index (χ3v) is 8.15. The maximum absolute atomic E-state index is 6.36. The fourth-order valence-corrected chi connectivity index (χ4v) is 6.30. The molecule has 0 saturated carbocycles. The Balaban J connectivity index is 0.00000357. The predicted octanol–water partition coefficient (Wildman–Crippen LogP) is 9.64. The van der Waals surface area contributed by atoms with Crippen molar-refractivity contribution in [2.45, 2.75) is 47.0 Å². The summed E-state index contributed by atoms with van der Waals surface area (Å²) >= 11 is 0. The van der Waals surface area contributed by atoms with E-state index in [9.17, 15) is 0 Å². The largest absolute Gasteiger partial charge is 2.00 e. The number of hydrogen-bond donors (Lipinski definition) is 0. The van der Waals surface area contributed by atoms with Crippen LogP contribution in [0.3, 0.4) is 0 Å². The van der Waals surface area contributed by atoms with Gasteiger partial charge in [0.15, 0.2) is 0 Å². The number of nitrogens with zero attached hydrogens (tertiary/aromatic N) is 4. The zero-order chi connectivity index (χ0) is 30.6. The van der Waals surface area contributed by atoms with E-state index in [0.29, 0.717) is 11.5 Å². The third kappa shape index (κ3) is 5.62. The van der Waals surface area contributed by atoms with E-state index in [1.807, 2.05) is 47.4 Å². The maximum atomic E-state index is 6.36. The van der Waals surface area contributed by atoms with E-state index in [0.717, 1.165) is 44.4 Å². The fourth-order valence-electron chi connectivity index (χ4n) is 6.30. The molecule has 0 N–H and O–H groups in total. The first kappa shape index (κ1) is 30.6. The molecular formula is C39H34N4OPt. The van der Waals surface area contributed by atoms with Crippen LogP contribution in [-0.4, -0.2) is 19.3 Å². The Bertz CT molecular complexity index is 2180. The van der Waals surface area contributed by atoms with Crippen LogP contribution in [0.4, 0.5) is 0 Å². The first-order valence-electron chi connectivity index (χ1n) is 14.9. The smallest absolute Gasteiger partial charge is 0.509 e. The van der Waals surface area contributed by atoms with Gasteiger partial charge in [0, 0.05) is 35.0 Å². The van der Waals surface area contributed by atoms with E-state index in [1.54, 1.807) is 0 Å². The van der Waals surface area contributed by atoms with E-state index in [-0.39, 0.29) is 26.5 Å². The Morgan fingerprint density at radius 1 is 0.778 bits per heavy atom. The molecule has 0 bridgehead atoms. The summed E-state index contributed by atoms with van der Waals surface area (Å²) in [5.74, 6) is 2.05. The number of aromatic nitrogens is 4. The van der Waals surface area contributed by atoms with Crippen molar-refractivity contribution in [2.75, 3.05) is 0 Å². The average Bonchev–Trinajstić information content (AvgIpc) is 3.61. The van der Waals surface area contributed by atoms with Crippen LogP contribution in [0.2, 0.25) is 0 Å². The van der Waals surface area contributed by atoms with Crippen LogP contribution in [0.25, 0.3) is 44.4 Å². The summed E-state index contributed by atoms with van der Waals surface area (Å²) in [6.45, 7) is 13.2. The molecule has 7 rings (SSSR count). The molecule has 0 saturated heterocycles. The molecule has 4 aromatic carbocycles. The Hall–Kier alpha value is -4.47. The van der Waals surface area contributed by atoms with Crippen LogP contribution >= 0.6 is 0 Å². The van der Waals surface area contributed by atoms with Gasteiger partial charge < -0.3 is 9.30 Å². The number of hydrogen-bond acceptors (Lipinski definition) is 3. The molecule has 6 heteroatoms. The van der Waals surface area contributed by atoms with Gasteiger partial charge in [-0.05, 0) is 83.3 Å². The Morgan fingerprint density at radius 3 is 2.36 bits per heavy atom. The normalized spacial score (nSPS) is 11.6. The van der Waals surface area contributed by atoms with Crippen LogP contribution in [0, 0.1) is 32.9 Å². The number of ether oxygens (including phenoxy) is 1. The van der Waals surface area contributed by atoms with Gasteiger partial charge in [0.1, 0.15) is 5.82 Å². The first-order valence-corrected chi connectivity index (χ1v) is 14.9. The topological polar surface area (TPSA) is 44.9 Å². The summed E-state index contributed by atoms with van der Waals surface area (Å²) < 4.78 is 10.4. The SMILES string of the molecule is Cc1ccnc(-n2c3[c-]c(Oc4[c-]c(-n5cc(-c6c(C)ccc(C)c6C(C)(C)C)cn5)ccc4)ccc3c3ccccc32)c1.[Pt+2]. The predicted molar refractivity (Wildman–Crippen MR) is 178 cm³/mol. The van der Waals surface area contributed by atoms with Crippen LogP contribution in [0.15, 0.2) is 97.5 Å². The van der Waals surface area contributed by atoms with E-state index in [4.69, 9.17) is 9.84 Å². The number of fused-ring (bicyclic) bond motifs is 3. The first-order chi connectivity index (χ1) is 21.2. The number of para-hydroxylation sites is 1. The molecule has 226 valence electrons. The van der Waals surface area contributed by atoms with Crippen LogP contribution in [-0.2, 0) is 26.5 Å². The summed E-state index contributed by atoms with van der Waals surface area (Å²) in [5, 5.41) is 6.98. The molecule has 0 atom stereocenters. The van der Waals surface area contributed by atoms with Gasteiger partial charge in [-0.3, -0.25) is 4.68 Å². The van der Waals surface area contributed by atoms with Crippen LogP contribution in [0.1, 0.15) is 43.0 Å². The maximum Gasteiger partial charge on any atom is 2.00 e. The minimum absolute atomic E-state index is 0. The van der Waals surface area contributed by atoms with Gasteiger partial charge in [-0.2, -0.15) is 17.2 Å². The number of pyridine rings is 1. The standard InChI is InChI=1S/C39H34N4O.Pt/c1-25-18-19-40-36(20-25)43-34-13-8-7-12-32(34)33-17-16-31(22-35(33)43)44-30-11-9-10-29(21-30)42-24-28(23-41-42)37-26(2)14-15-27(3)38(37)39(4,5)6;/h7-20,23-24H,1-6H3;/q-2;+2. The molecule has 0 aliphatic heterocycles. The summed E-state index contributed by atoms with van der Waals surface area (Å²) in [7, 11) is 0. The molecule has 0 amide bonds. The van der Waals surface area contributed by atoms with Crippen molar-refractivity contribution in [3.8, 4) is 34.1 Å². The molecule has 45 heavy (non-hydrogen) atoms. The quantitative estimate of drug-likeness (QED) is 0.164. The van der Waals surface area contributed by atoms with Crippen molar-refractivity contribution in [2.24, 2.45) is 0 Å². The van der Waals surface area contributed by atoms with E-state index < -0.39 is 0 Å². The summed E-state index contributed by atoms with van der Waals surface area (Å²) in [5.41, 5.74) is 10.2. The van der Waals surface area contributed by atoms with Gasteiger partial charge in [-0.1, -0.05) is 56.6 Å². The third-order valence-electron chi connectivity index (χ3n) is 8.15.